The number of nitrogens with two attached hydrogens (primary N) is 1. The van der Waals surface area contributed by atoms with Gasteiger partial charge in [-0.1, -0.05) is 24.3 Å². The van der Waals surface area contributed by atoms with Gasteiger partial charge in [-0.15, -0.1) is 0 Å². The maximum absolute atomic E-state index is 13.5. The number of halogens is 2. The number of aromatic nitrogens is 4. The van der Waals surface area contributed by atoms with E-state index in [-0.39, 0.29) is 52.3 Å². The highest BCUT2D eigenvalue weighted by Gasteiger charge is 2.27. The fourth-order valence-corrected chi connectivity index (χ4v) is 4.89. The Kier molecular flexibility index (Phi) is 8.46. The molecule has 3 N–H and O–H groups in total. The van der Waals surface area contributed by atoms with E-state index in [4.69, 9.17) is 10.5 Å². The number of hydrogen-bond acceptors (Lipinski definition) is 8. The minimum Gasteiger partial charge on any atom is -0.434 e. The summed E-state index contributed by atoms with van der Waals surface area (Å²) in [7, 11) is 0. The molecule has 0 aliphatic carbocycles. The van der Waals surface area contributed by atoms with Crippen molar-refractivity contribution in [2.24, 2.45) is 11.7 Å². The van der Waals surface area contributed by atoms with Crippen molar-refractivity contribution >= 4 is 40.1 Å². The third-order valence-electron chi connectivity index (χ3n) is 7.00. The summed E-state index contributed by atoms with van der Waals surface area (Å²) in [5.74, 6) is -1.12. The van der Waals surface area contributed by atoms with Crippen LogP contribution in [0, 0.1) is 5.92 Å². The summed E-state index contributed by atoms with van der Waals surface area (Å²) in [6, 6.07) is 11.8. The van der Waals surface area contributed by atoms with Crippen LogP contribution in [0.15, 0.2) is 67.3 Å². The maximum atomic E-state index is 13.5. The van der Waals surface area contributed by atoms with Gasteiger partial charge in [-0.05, 0) is 41.8 Å². The van der Waals surface area contributed by atoms with Crippen LogP contribution >= 0.6 is 0 Å². The van der Waals surface area contributed by atoms with Crippen LogP contribution in [0.4, 0.5) is 14.5 Å². The lowest BCUT2D eigenvalue weighted by Crippen LogP contribution is -2.36. The summed E-state index contributed by atoms with van der Waals surface area (Å²) in [6.45, 7) is -2.29. The number of benzene rings is 2. The summed E-state index contributed by atoms with van der Waals surface area (Å²) in [5, 5.41) is 8.65. The van der Waals surface area contributed by atoms with Crippen molar-refractivity contribution in [3.63, 3.8) is 0 Å². The van der Waals surface area contributed by atoms with E-state index < -0.39 is 12.5 Å². The third-order valence-corrected chi connectivity index (χ3v) is 7.00. The van der Waals surface area contributed by atoms with Crippen molar-refractivity contribution in [2.45, 2.75) is 26.0 Å². The third kappa shape index (κ3) is 6.24. The molecule has 3 heterocycles. The van der Waals surface area contributed by atoms with Gasteiger partial charge in [0, 0.05) is 49.4 Å². The van der Waals surface area contributed by atoms with Crippen molar-refractivity contribution in [3.8, 4) is 17.0 Å². The number of rotatable bonds is 10. The van der Waals surface area contributed by atoms with Gasteiger partial charge < -0.3 is 20.7 Å². The van der Waals surface area contributed by atoms with Gasteiger partial charge in [0.2, 0.25) is 6.41 Å². The lowest BCUT2D eigenvalue weighted by molar-refractivity contribution is -0.127. The maximum Gasteiger partial charge on any atom is 0.387 e. The fraction of sp³-hybridized carbons (Fsp3) is 0.241. The van der Waals surface area contributed by atoms with Gasteiger partial charge in [-0.3, -0.25) is 19.1 Å². The van der Waals surface area contributed by atoms with Gasteiger partial charge in [0.1, 0.15) is 11.4 Å². The number of hydrogen-bond donors (Lipinski definition) is 2. The van der Waals surface area contributed by atoms with Crippen molar-refractivity contribution in [3.05, 3.63) is 73.1 Å². The molecule has 5 rings (SSSR count). The Hall–Kier alpha value is -5.20. The number of amides is 2. The molecule has 0 saturated carbocycles. The molecule has 11 nitrogen and oxygen atoms in total. The van der Waals surface area contributed by atoms with Crippen molar-refractivity contribution in [1.29, 1.82) is 0 Å². The molecule has 0 atom stereocenters. The first-order valence-corrected chi connectivity index (χ1v) is 13.1. The van der Waals surface area contributed by atoms with E-state index in [0.29, 0.717) is 31.3 Å². The van der Waals surface area contributed by atoms with Crippen molar-refractivity contribution in [2.75, 3.05) is 18.4 Å². The van der Waals surface area contributed by atoms with E-state index in [1.807, 2.05) is 0 Å². The fourth-order valence-electron chi connectivity index (χ4n) is 4.89. The zero-order valence-corrected chi connectivity index (χ0v) is 22.3. The minimum atomic E-state index is -3.12. The summed E-state index contributed by atoms with van der Waals surface area (Å²) in [4.78, 5) is 47.3. The number of likely N-dealkylation sites (tertiary alicyclic amines) is 1. The molecule has 1 fully saturated rings. The molecule has 1 aliphatic heterocycles. The number of carbonyl (C=O) groups is 3. The number of Topliss-reactive ketones (excluding diaryl/α,β-unsaturated/α-hetero) is 1. The smallest absolute Gasteiger partial charge is 0.387 e. The molecule has 42 heavy (non-hydrogen) atoms. The van der Waals surface area contributed by atoms with Crippen LogP contribution in [-0.2, 0) is 20.9 Å². The molecule has 1 aliphatic rings. The lowest BCUT2D eigenvalue weighted by Gasteiger charge is -2.28. The first kappa shape index (κ1) is 28.3. The van der Waals surface area contributed by atoms with E-state index in [0.717, 1.165) is 18.0 Å². The van der Waals surface area contributed by atoms with Gasteiger partial charge in [0.25, 0.3) is 5.91 Å². The number of carbonyl (C=O) groups excluding carboxylic acids is 3. The molecule has 0 spiro atoms. The summed E-state index contributed by atoms with van der Waals surface area (Å²) < 4.78 is 33.2. The molecule has 2 aromatic heterocycles. The topological polar surface area (TPSA) is 145 Å². The molecular formula is C29H27F2N7O4. The van der Waals surface area contributed by atoms with Gasteiger partial charge in [0.15, 0.2) is 11.6 Å². The predicted octanol–water partition coefficient (Wildman–Crippen LogP) is 3.47. The van der Waals surface area contributed by atoms with Gasteiger partial charge in [0.05, 0.1) is 17.8 Å². The van der Waals surface area contributed by atoms with Crippen LogP contribution in [-0.4, -0.2) is 62.4 Å². The second kappa shape index (κ2) is 12.5. The molecular weight excluding hydrogens is 548 g/mol. The number of alkyl halides is 2. The molecule has 2 aromatic carbocycles. The Morgan fingerprint density at radius 2 is 1.79 bits per heavy atom. The van der Waals surface area contributed by atoms with E-state index in [1.165, 1.54) is 29.3 Å². The van der Waals surface area contributed by atoms with Crippen molar-refractivity contribution in [1.82, 2.24) is 24.6 Å². The molecule has 0 bridgehead atoms. The Bertz CT molecular complexity index is 1630. The number of ketones is 1. The summed E-state index contributed by atoms with van der Waals surface area (Å²) >= 11 is 0. The number of anilines is 1. The number of fused-ring (bicyclic) bond motifs is 1. The van der Waals surface area contributed by atoms with Crippen LogP contribution in [0.2, 0.25) is 0 Å². The van der Waals surface area contributed by atoms with E-state index >= 15 is 0 Å². The zero-order valence-electron chi connectivity index (χ0n) is 22.3. The van der Waals surface area contributed by atoms with Gasteiger partial charge in [-0.2, -0.15) is 13.9 Å². The van der Waals surface area contributed by atoms with Crippen LogP contribution in [0.1, 0.15) is 18.7 Å². The van der Waals surface area contributed by atoms with Crippen LogP contribution < -0.4 is 15.8 Å². The normalized spacial score (nSPS) is 14.3. The summed E-state index contributed by atoms with van der Waals surface area (Å²) in [6.07, 6.45) is 7.23. The number of nitrogens with zero attached hydrogens (tertiary/aromatic N) is 5. The predicted molar refractivity (Wildman–Crippen MR) is 150 cm³/mol. The molecule has 0 unspecified atom stereocenters. The average Bonchev–Trinajstić information content (AvgIpc) is 3.38. The Morgan fingerprint density at radius 3 is 2.43 bits per heavy atom. The molecule has 216 valence electrons. The highest BCUT2D eigenvalue weighted by Crippen LogP contribution is 2.38. The van der Waals surface area contributed by atoms with Crippen LogP contribution in [0.5, 0.6) is 5.75 Å². The monoisotopic (exact) mass is 575 g/mol. The number of ether oxygens (including phenoxy) is 1. The highest BCUT2D eigenvalue weighted by molar-refractivity contribution is 6.24. The second-order valence-electron chi connectivity index (χ2n) is 9.65. The quantitative estimate of drug-likeness (QED) is 0.216. The average molecular weight is 576 g/mol. The Labute approximate surface area is 239 Å². The summed E-state index contributed by atoms with van der Waals surface area (Å²) in [5.41, 5.74) is 6.12. The first-order valence-electron chi connectivity index (χ1n) is 13.1. The van der Waals surface area contributed by atoms with Crippen LogP contribution in [0.25, 0.3) is 27.6 Å². The molecule has 13 heteroatoms. The number of piperidine rings is 1. The number of nitrogens with one attached hydrogen (secondary N) is 1. The molecule has 1 saturated heterocycles. The minimum absolute atomic E-state index is 0.0325. The lowest BCUT2D eigenvalue weighted by atomic mass is 9.93. The van der Waals surface area contributed by atoms with E-state index in [2.05, 4.69) is 20.4 Å². The largest absolute Gasteiger partial charge is 0.434 e. The standard InChI is InChI=1S/C29H27F2N7O4/c30-29(31)42-25-13-20-5-2-1-4-19(20)12-21(25)26-23(35-28(41)22(14-32)27-33-8-3-9-34-27)15-38(36-26)16-24(40)18-6-10-37(17-39)11-7-18/h1-5,8-9,12-15,17-18,29H,6-7,10-11,16,32H2,(H,35,41)/b22-14-. The second-order valence-corrected chi connectivity index (χ2v) is 9.65. The van der Waals surface area contributed by atoms with E-state index in [1.54, 1.807) is 41.3 Å². The first-order chi connectivity index (χ1) is 20.4. The van der Waals surface area contributed by atoms with Gasteiger partial charge >= 0.3 is 6.61 Å². The molecule has 2 amide bonds. The highest BCUT2D eigenvalue weighted by atomic mass is 19.3. The Morgan fingerprint density at radius 1 is 1.10 bits per heavy atom. The van der Waals surface area contributed by atoms with E-state index in [9.17, 15) is 23.2 Å². The van der Waals surface area contributed by atoms with Gasteiger partial charge in [-0.25, -0.2) is 9.97 Å². The molecule has 4 aromatic rings. The van der Waals surface area contributed by atoms with Crippen LogP contribution in [0.3, 0.4) is 0 Å². The Balaban J connectivity index is 1.53. The van der Waals surface area contributed by atoms with Crippen molar-refractivity contribution < 1.29 is 27.9 Å². The molecule has 0 radical (unpaired) electrons. The zero-order chi connectivity index (χ0) is 29.6. The SMILES string of the molecule is N/C=C(\C(=O)Nc1cn(CC(=O)C2CCN(C=O)CC2)nc1-c1cc2ccccc2cc1OC(F)F)c1ncccn1.